The molecule has 0 saturated carbocycles. The SMILES string of the molecule is c1cc(-c2ccc(N(c3ccccc3-c3ccc4c(ccc5ccccc54)c3)c3ccccc3-c3cccc4oc5ccccc5c34)cc2)cc(-c2cccc(-n3c4ccccc4c4ccccc43)c2)c1. The molecule has 0 unspecified atom stereocenters. The summed E-state index contributed by atoms with van der Waals surface area (Å²) in [5.74, 6) is 0. The van der Waals surface area contributed by atoms with Crippen molar-refractivity contribution >= 4 is 82.4 Å². The third kappa shape index (κ3) is 6.82. The monoisotopic (exact) mass is 904 g/mol. The molecule has 0 bridgehead atoms. The van der Waals surface area contributed by atoms with Gasteiger partial charge in [-0.2, -0.15) is 0 Å². The first-order valence-corrected chi connectivity index (χ1v) is 24.3. The van der Waals surface area contributed by atoms with E-state index in [0.29, 0.717) is 0 Å². The Morgan fingerprint density at radius 1 is 0.296 bits per heavy atom. The van der Waals surface area contributed by atoms with Crippen LogP contribution < -0.4 is 4.90 Å². The summed E-state index contributed by atoms with van der Waals surface area (Å²) >= 11 is 0. The van der Waals surface area contributed by atoms with Crippen LogP contribution in [0.5, 0.6) is 0 Å². The zero-order chi connectivity index (χ0) is 46.8. The van der Waals surface area contributed by atoms with Crippen LogP contribution in [-0.4, -0.2) is 4.57 Å². The van der Waals surface area contributed by atoms with Crippen LogP contribution in [0, 0.1) is 0 Å². The highest BCUT2D eigenvalue weighted by molar-refractivity contribution is 6.14. The molecule has 0 aliphatic rings. The fourth-order valence-electron chi connectivity index (χ4n) is 11.1. The number of aromatic nitrogens is 1. The van der Waals surface area contributed by atoms with Crippen LogP contribution in [0.1, 0.15) is 0 Å². The molecule has 0 spiro atoms. The minimum absolute atomic E-state index is 0.874. The zero-order valence-electron chi connectivity index (χ0n) is 38.7. The van der Waals surface area contributed by atoms with E-state index in [1.54, 1.807) is 0 Å². The van der Waals surface area contributed by atoms with Crippen molar-refractivity contribution in [1.29, 1.82) is 0 Å². The number of nitrogens with zero attached hydrogens (tertiary/aromatic N) is 2. The van der Waals surface area contributed by atoms with Gasteiger partial charge in [-0.1, -0.05) is 194 Å². The summed E-state index contributed by atoms with van der Waals surface area (Å²) in [6, 6.07) is 96.8. The molecule has 3 nitrogen and oxygen atoms in total. The highest BCUT2D eigenvalue weighted by Gasteiger charge is 2.23. The maximum Gasteiger partial charge on any atom is 0.136 e. The van der Waals surface area contributed by atoms with Gasteiger partial charge in [-0.25, -0.2) is 0 Å². The number of para-hydroxylation sites is 5. The van der Waals surface area contributed by atoms with E-state index in [1.807, 2.05) is 6.07 Å². The Balaban J connectivity index is 0.896. The van der Waals surface area contributed by atoms with E-state index < -0.39 is 0 Å². The molecule has 14 aromatic rings. The lowest BCUT2D eigenvalue weighted by Crippen LogP contribution is -2.12. The number of hydrogen-bond donors (Lipinski definition) is 0. The van der Waals surface area contributed by atoms with Gasteiger partial charge < -0.3 is 13.9 Å². The molecule has 0 aliphatic heterocycles. The predicted octanol–water partition coefficient (Wildman–Crippen LogP) is 19.1. The Bertz CT molecular complexity index is 4310. The molecule has 2 heterocycles. The van der Waals surface area contributed by atoms with Gasteiger partial charge in [0.15, 0.2) is 0 Å². The number of benzene rings is 12. The molecule has 0 radical (unpaired) electrons. The highest BCUT2D eigenvalue weighted by atomic mass is 16.3. The first kappa shape index (κ1) is 40.6. The van der Waals surface area contributed by atoms with Gasteiger partial charge in [0.2, 0.25) is 0 Å². The van der Waals surface area contributed by atoms with Gasteiger partial charge >= 0.3 is 0 Å². The van der Waals surface area contributed by atoms with Crippen LogP contribution in [0.4, 0.5) is 17.1 Å². The lowest BCUT2D eigenvalue weighted by Gasteiger charge is -2.30. The first-order valence-electron chi connectivity index (χ1n) is 24.3. The van der Waals surface area contributed by atoms with Crippen molar-refractivity contribution in [1.82, 2.24) is 4.57 Å². The van der Waals surface area contributed by atoms with Crippen LogP contribution in [0.15, 0.2) is 271 Å². The molecular weight excluding hydrogens is 861 g/mol. The second kappa shape index (κ2) is 16.7. The molecule has 0 atom stereocenters. The van der Waals surface area contributed by atoms with E-state index in [2.05, 4.69) is 270 Å². The summed E-state index contributed by atoms with van der Waals surface area (Å²) in [5, 5.41) is 9.71. The van der Waals surface area contributed by atoms with E-state index in [1.165, 1.54) is 54.5 Å². The first-order chi connectivity index (χ1) is 35.2. The van der Waals surface area contributed by atoms with Gasteiger partial charge in [-0.05, 0) is 128 Å². The van der Waals surface area contributed by atoms with Crippen molar-refractivity contribution in [3.63, 3.8) is 0 Å². The second-order valence-corrected chi connectivity index (χ2v) is 18.4. The number of hydrogen-bond acceptors (Lipinski definition) is 2. The van der Waals surface area contributed by atoms with E-state index in [-0.39, 0.29) is 0 Å². The normalized spacial score (nSPS) is 11.7. The van der Waals surface area contributed by atoms with Crippen LogP contribution in [0.3, 0.4) is 0 Å². The summed E-state index contributed by atoms with van der Waals surface area (Å²) in [6.45, 7) is 0. The van der Waals surface area contributed by atoms with Gasteiger partial charge in [0.25, 0.3) is 0 Å². The molecule has 0 saturated heterocycles. The molecule has 71 heavy (non-hydrogen) atoms. The molecule has 0 N–H and O–H groups in total. The van der Waals surface area contributed by atoms with E-state index in [0.717, 1.165) is 78.1 Å². The minimum Gasteiger partial charge on any atom is -0.456 e. The van der Waals surface area contributed by atoms with E-state index >= 15 is 0 Å². The molecule has 14 rings (SSSR count). The third-order valence-electron chi connectivity index (χ3n) is 14.4. The van der Waals surface area contributed by atoms with Gasteiger partial charge in [0, 0.05) is 44.0 Å². The zero-order valence-corrected chi connectivity index (χ0v) is 38.7. The number of fused-ring (bicyclic) bond motifs is 9. The van der Waals surface area contributed by atoms with E-state index in [9.17, 15) is 0 Å². The largest absolute Gasteiger partial charge is 0.456 e. The van der Waals surface area contributed by atoms with E-state index in [4.69, 9.17) is 4.42 Å². The number of rotatable bonds is 8. The van der Waals surface area contributed by atoms with Crippen molar-refractivity contribution < 1.29 is 4.42 Å². The maximum absolute atomic E-state index is 6.45. The topological polar surface area (TPSA) is 21.3 Å². The van der Waals surface area contributed by atoms with Crippen molar-refractivity contribution in [2.45, 2.75) is 0 Å². The average molecular weight is 905 g/mol. The molecule has 332 valence electrons. The molecule has 0 aliphatic carbocycles. The minimum atomic E-state index is 0.874. The molecule has 3 heteroatoms. The lowest BCUT2D eigenvalue weighted by molar-refractivity contribution is 0.669. The summed E-state index contributed by atoms with van der Waals surface area (Å²) in [7, 11) is 0. The Morgan fingerprint density at radius 2 is 0.831 bits per heavy atom. The maximum atomic E-state index is 6.45. The molecule has 0 fully saturated rings. The lowest BCUT2D eigenvalue weighted by atomic mass is 9.94. The fourth-order valence-corrected chi connectivity index (χ4v) is 11.1. The summed E-state index contributed by atoms with van der Waals surface area (Å²) in [5.41, 5.74) is 17.7. The van der Waals surface area contributed by atoms with Crippen molar-refractivity contribution in [2.75, 3.05) is 4.90 Å². The van der Waals surface area contributed by atoms with Crippen molar-refractivity contribution in [2.24, 2.45) is 0 Å². The van der Waals surface area contributed by atoms with Crippen LogP contribution in [0.25, 0.3) is 115 Å². The van der Waals surface area contributed by atoms with Crippen molar-refractivity contribution in [3.8, 4) is 50.2 Å². The fraction of sp³-hybridized carbons (Fsp3) is 0. The number of anilines is 3. The Morgan fingerprint density at radius 3 is 1.62 bits per heavy atom. The van der Waals surface area contributed by atoms with Crippen LogP contribution in [0.2, 0.25) is 0 Å². The molecule has 2 aromatic heterocycles. The second-order valence-electron chi connectivity index (χ2n) is 18.4. The predicted molar refractivity (Wildman–Crippen MR) is 299 cm³/mol. The molecule has 12 aromatic carbocycles. The summed E-state index contributed by atoms with van der Waals surface area (Å²) in [6.07, 6.45) is 0. The van der Waals surface area contributed by atoms with Crippen LogP contribution >= 0.6 is 0 Å². The Kier molecular flexibility index (Phi) is 9.53. The van der Waals surface area contributed by atoms with Crippen molar-refractivity contribution in [3.05, 3.63) is 267 Å². The van der Waals surface area contributed by atoms with Gasteiger partial charge in [0.1, 0.15) is 11.2 Å². The number of furan rings is 1. The smallest absolute Gasteiger partial charge is 0.136 e. The van der Waals surface area contributed by atoms with Gasteiger partial charge in [-0.15, -0.1) is 0 Å². The Labute approximate surface area is 411 Å². The highest BCUT2D eigenvalue weighted by Crippen LogP contribution is 2.48. The summed E-state index contributed by atoms with van der Waals surface area (Å²) in [4.78, 5) is 2.44. The van der Waals surface area contributed by atoms with Gasteiger partial charge in [0.05, 0.1) is 22.4 Å². The average Bonchev–Trinajstić information content (AvgIpc) is 4.00. The Hall–Kier alpha value is -9.44. The molecular formula is C68H44N2O. The third-order valence-corrected chi connectivity index (χ3v) is 14.4. The quantitative estimate of drug-likeness (QED) is 0.142. The summed E-state index contributed by atoms with van der Waals surface area (Å²) < 4.78 is 8.84. The van der Waals surface area contributed by atoms with Crippen LogP contribution in [-0.2, 0) is 0 Å². The molecule has 0 amide bonds. The van der Waals surface area contributed by atoms with Gasteiger partial charge in [-0.3, -0.25) is 0 Å². The standard InChI is InChI=1S/C68H44N2O/c1-2-21-54-46(16-1)34-35-50-43-51(38-41-55(50)54)56-22-3-8-28-62(56)69(65-31-11-6-25-59(65)60-27-15-33-67-68(60)61-26-7-12-32-66(61)71-67)52-39-36-45(37-40-52)47-17-13-18-48(42-47)49-19-14-20-53(44-49)70-63-29-9-4-23-57(63)58-24-5-10-30-64(58)70/h1-44H.